The number of hydrogen-bond acceptors (Lipinski definition) is 4. The van der Waals surface area contributed by atoms with Crippen LogP contribution >= 0.6 is 20.1 Å². The fraction of sp³-hybridized carbons (Fsp3) is 1.00. The molecule has 0 radical (unpaired) electrons. The fourth-order valence-electron chi connectivity index (χ4n) is 2.04. The summed E-state index contributed by atoms with van der Waals surface area (Å²) in [6.45, 7) is 8.00. The van der Waals surface area contributed by atoms with Crippen molar-refractivity contribution in [2.75, 3.05) is 52.9 Å². The van der Waals surface area contributed by atoms with Crippen LogP contribution in [0.2, 0.25) is 0 Å². The quantitative estimate of drug-likeness (QED) is 0.585. The number of halogens is 2. The molecule has 0 atom stereocenters. The molecule has 0 saturated carbocycles. The summed E-state index contributed by atoms with van der Waals surface area (Å²) in [6.07, 6.45) is 10.2. The van der Waals surface area contributed by atoms with Gasteiger partial charge in [-0.1, -0.05) is 0 Å². The molecule has 4 saturated heterocycles. The molecule has 4 fully saturated rings. The van der Waals surface area contributed by atoms with Crippen LogP contribution in [-0.2, 0) is 18.9 Å². The van der Waals surface area contributed by atoms with E-state index in [0.29, 0.717) is 0 Å². The van der Waals surface area contributed by atoms with Crippen molar-refractivity contribution in [2.24, 2.45) is 0 Å². The van der Waals surface area contributed by atoms with Gasteiger partial charge >= 0.3 is 33.5 Å². The van der Waals surface area contributed by atoms with Crippen LogP contribution in [0.4, 0.5) is 0 Å². The summed E-state index contributed by atoms with van der Waals surface area (Å²) < 4.78 is 19.8. The third-order valence-corrected chi connectivity index (χ3v) is 3.31. The molecule has 0 aromatic rings. The van der Waals surface area contributed by atoms with Gasteiger partial charge in [-0.2, -0.15) is 0 Å². The molecule has 4 heterocycles. The molecule has 0 unspecified atom stereocenters. The summed E-state index contributed by atoms with van der Waals surface area (Å²) in [5.74, 6) is 0. The van der Waals surface area contributed by atoms with E-state index in [-0.39, 0.29) is 13.4 Å². The minimum absolute atomic E-state index is 0.306. The van der Waals surface area contributed by atoms with Gasteiger partial charge in [-0.25, -0.2) is 0 Å². The van der Waals surface area contributed by atoms with Gasteiger partial charge in [-0.15, -0.1) is 0 Å². The summed E-state index contributed by atoms with van der Waals surface area (Å²) in [7, 11) is 9.69. The predicted molar refractivity (Wildman–Crippen MR) is 97.7 cm³/mol. The molecule has 136 valence electrons. The van der Waals surface area contributed by atoms with Crippen LogP contribution in [0.3, 0.4) is 0 Å². The Morgan fingerprint density at radius 1 is 0.391 bits per heavy atom. The molecular weight excluding hydrogens is 354 g/mol. The Labute approximate surface area is 156 Å². The normalized spacial score (nSPS) is 21.3. The van der Waals surface area contributed by atoms with Crippen LogP contribution in [0.15, 0.2) is 0 Å². The van der Waals surface area contributed by atoms with E-state index in [2.05, 4.69) is 0 Å². The minimum atomic E-state index is -0.306. The third-order valence-electron chi connectivity index (χ3n) is 3.31. The van der Waals surface area contributed by atoms with Crippen LogP contribution in [0.1, 0.15) is 51.4 Å². The molecule has 23 heavy (non-hydrogen) atoms. The van der Waals surface area contributed by atoms with E-state index in [1.807, 2.05) is 0 Å². The Morgan fingerprint density at radius 2 is 0.522 bits per heavy atom. The Hall–Kier alpha value is 0.952. The van der Waals surface area contributed by atoms with Crippen molar-refractivity contribution in [3.63, 3.8) is 0 Å². The second kappa shape index (κ2) is 23.0. The van der Waals surface area contributed by atoms with Crippen molar-refractivity contribution in [1.29, 1.82) is 0 Å². The van der Waals surface area contributed by atoms with Crippen LogP contribution in [0.25, 0.3) is 0 Å². The van der Waals surface area contributed by atoms with Gasteiger partial charge in [0.25, 0.3) is 0 Å². The van der Waals surface area contributed by atoms with Crippen LogP contribution in [-0.4, -0.2) is 66.2 Å². The van der Waals surface area contributed by atoms with E-state index in [4.69, 9.17) is 39.0 Å². The summed E-state index contributed by atoms with van der Waals surface area (Å²) >= 11 is -0.306. The van der Waals surface area contributed by atoms with Crippen molar-refractivity contribution in [1.82, 2.24) is 0 Å². The zero-order valence-corrected chi connectivity index (χ0v) is 16.9. The molecule has 4 rings (SSSR count). The monoisotopic (exact) mass is 385 g/mol. The van der Waals surface area contributed by atoms with Crippen LogP contribution < -0.4 is 0 Å². The summed E-state index contributed by atoms with van der Waals surface area (Å²) in [5.41, 5.74) is 0. The molecule has 7 heteroatoms. The second-order valence-corrected chi connectivity index (χ2v) is 7.50. The zero-order valence-electron chi connectivity index (χ0n) is 14.3. The average Bonchev–Trinajstić information content (AvgIpc) is 3.47. The van der Waals surface area contributed by atoms with Gasteiger partial charge in [-0.3, -0.25) is 0 Å². The molecular formula is C16H32AlCl2O4+. The van der Waals surface area contributed by atoms with E-state index in [9.17, 15) is 0 Å². The van der Waals surface area contributed by atoms with Crippen molar-refractivity contribution < 1.29 is 18.9 Å². The Bertz CT molecular complexity index is 128. The van der Waals surface area contributed by atoms with Crippen molar-refractivity contribution in [3.05, 3.63) is 0 Å². The summed E-state index contributed by atoms with van der Waals surface area (Å²) in [6, 6.07) is 0. The predicted octanol–water partition coefficient (Wildman–Crippen LogP) is 4.19. The third kappa shape index (κ3) is 23.0. The van der Waals surface area contributed by atoms with Gasteiger partial charge in [0, 0.05) is 52.9 Å². The molecule has 0 bridgehead atoms. The molecule has 0 amide bonds. The first-order valence-corrected chi connectivity index (χ1v) is 12.2. The maximum absolute atomic E-state index is 4.94. The number of ether oxygens (including phenoxy) is 4. The Morgan fingerprint density at radius 3 is 0.565 bits per heavy atom. The van der Waals surface area contributed by atoms with Gasteiger partial charge in [0.15, 0.2) is 0 Å². The van der Waals surface area contributed by atoms with E-state index < -0.39 is 0 Å². The Balaban J connectivity index is 0.000000266. The van der Waals surface area contributed by atoms with Crippen molar-refractivity contribution in [2.45, 2.75) is 51.4 Å². The van der Waals surface area contributed by atoms with E-state index in [1.54, 1.807) is 0 Å². The number of rotatable bonds is 0. The summed E-state index contributed by atoms with van der Waals surface area (Å²) in [5, 5.41) is 0. The molecule has 4 aliphatic heterocycles. The van der Waals surface area contributed by atoms with Gasteiger partial charge in [-0.05, 0) is 51.4 Å². The molecule has 0 N–H and O–H groups in total. The summed E-state index contributed by atoms with van der Waals surface area (Å²) in [4.78, 5) is 0. The van der Waals surface area contributed by atoms with Gasteiger partial charge in [0.1, 0.15) is 0 Å². The SMILES string of the molecule is C1CCOC1.C1CCOC1.C1CCOC1.C1CCOC1.[Cl][Al+][Cl]. The zero-order chi connectivity index (χ0) is 16.8. The van der Waals surface area contributed by atoms with E-state index >= 15 is 0 Å². The average molecular weight is 386 g/mol. The first-order chi connectivity index (χ1) is 11.4. The number of hydrogen-bond donors (Lipinski definition) is 0. The Kier molecular flexibility index (Phi) is 23.9. The molecule has 0 aliphatic carbocycles. The standard InChI is InChI=1S/4C4H8O.Al.2ClH/c4*1-2-4-5-3-1;;;/h4*1-4H2;;2*1H/q;;;;+3;;/p-2. The molecule has 4 nitrogen and oxygen atoms in total. The van der Waals surface area contributed by atoms with Crippen molar-refractivity contribution >= 4 is 33.5 Å². The van der Waals surface area contributed by atoms with E-state index in [0.717, 1.165) is 52.9 Å². The molecule has 0 spiro atoms. The topological polar surface area (TPSA) is 36.9 Å². The first-order valence-electron chi connectivity index (χ1n) is 8.75. The molecule has 0 aromatic carbocycles. The second-order valence-electron chi connectivity index (χ2n) is 5.36. The van der Waals surface area contributed by atoms with E-state index in [1.165, 1.54) is 51.4 Å². The first kappa shape index (κ1) is 24.0. The van der Waals surface area contributed by atoms with Gasteiger partial charge < -0.3 is 18.9 Å². The molecule has 4 aliphatic rings. The van der Waals surface area contributed by atoms with Crippen LogP contribution in [0.5, 0.6) is 0 Å². The van der Waals surface area contributed by atoms with Crippen molar-refractivity contribution in [3.8, 4) is 0 Å². The van der Waals surface area contributed by atoms with Crippen LogP contribution in [0, 0.1) is 0 Å². The van der Waals surface area contributed by atoms with Gasteiger partial charge in [0.2, 0.25) is 0 Å². The maximum atomic E-state index is 4.94. The fourth-order valence-corrected chi connectivity index (χ4v) is 2.04. The molecule has 0 aromatic heterocycles. The van der Waals surface area contributed by atoms with Gasteiger partial charge in [0.05, 0.1) is 0 Å².